The molecule has 1 aromatic carbocycles. The van der Waals surface area contributed by atoms with Crippen LogP contribution in [0, 0.1) is 11.8 Å². The summed E-state index contributed by atoms with van der Waals surface area (Å²) >= 11 is 1.26. The molecule has 27 heavy (non-hydrogen) atoms. The lowest BCUT2D eigenvalue weighted by molar-refractivity contribution is -0.130. The van der Waals surface area contributed by atoms with Gasteiger partial charge in [-0.05, 0) is 30.4 Å². The number of amides is 1. The number of ether oxygens (including phenoxy) is 2. The molecular formula is C19H25N3O4S. The van der Waals surface area contributed by atoms with Gasteiger partial charge in [0, 0.05) is 19.2 Å². The maximum absolute atomic E-state index is 12.5. The Bertz CT molecular complexity index is 785. The summed E-state index contributed by atoms with van der Waals surface area (Å²) in [6.45, 7) is 6.02. The van der Waals surface area contributed by atoms with E-state index in [0.717, 1.165) is 13.1 Å². The van der Waals surface area contributed by atoms with Crippen molar-refractivity contribution in [2.75, 3.05) is 33.1 Å². The van der Waals surface area contributed by atoms with Crippen LogP contribution in [-0.2, 0) is 4.79 Å². The molecule has 2 aromatic rings. The van der Waals surface area contributed by atoms with Crippen LogP contribution in [0.25, 0.3) is 11.5 Å². The number of methoxy groups -OCH3 is 2. The zero-order valence-electron chi connectivity index (χ0n) is 16.1. The second-order valence-electron chi connectivity index (χ2n) is 6.97. The number of aromatic nitrogens is 2. The molecule has 0 radical (unpaired) electrons. The highest BCUT2D eigenvalue weighted by atomic mass is 32.2. The van der Waals surface area contributed by atoms with Crippen molar-refractivity contribution in [1.82, 2.24) is 15.1 Å². The first-order chi connectivity index (χ1) is 13.0. The first-order valence-corrected chi connectivity index (χ1v) is 9.95. The number of hydrogen-bond acceptors (Lipinski definition) is 7. The summed E-state index contributed by atoms with van der Waals surface area (Å²) < 4.78 is 16.3. The highest BCUT2D eigenvalue weighted by molar-refractivity contribution is 7.99. The molecule has 1 amide bonds. The first kappa shape index (κ1) is 19.5. The molecule has 0 saturated carbocycles. The van der Waals surface area contributed by atoms with E-state index >= 15 is 0 Å². The van der Waals surface area contributed by atoms with Gasteiger partial charge in [-0.1, -0.05) is 25.6 Å². The Hall–Kier alpha value is -2.22. The van der Waals surface area contributed by atoms with Crippen LogP contribution < -0.4 is 9.47 Å². The zero-order chi connectivity index (χ0) is 19.4. The van der Waals surface area contributed by atoms with Crippen LogP contribution in [0.5, 0.6) is 11.5 Å². The average Bonchev–Trinajstić information content (AvgIpc) is 3.13. The van der Waals surface area contributed by atoms with Crippen molar-refractivity contribution in [3.8, 4) is 23.0 Å². The van der Waals surface area contributed by atoms with E-state index in [1.54, 1.807) is 32.4 Å². The summed E-state index contributed by atoms with van der Waals surface area (Å²) in [6.07, 6.45) is 1.17. The predicted octanol–water partition coefficient (Wildman–Crippen LogP) is 3.35. The van der Waals surface area contributed by atoms with Crippen LogP contribution in [0.1, 0.15) is 20.3 Å². The van der Waals surface area contributed by atoms with Crippen molar-refractivity contribution >= 4 is 17.7 Å². The molecule has 7 nitrogen and oxygen atoms in total. The van der Waals surface area contributed by atoms with Crippen LogP contribution in [0.2, 0.25) is 0 Å². The Kier molecular flexibility index (Phi) is 6.26. The lowest BCUT2D eigenvalue weighted by atomic mass is 9.92. The van der Waals surface area contributed by atoms with Crippen molar-refractivity contribution < 1.29 is 18.7 Å². The van der Waals surface area contributed by atoms with Gasteiger partial charge >= 0.3 is 0 Å². The van der Waals surface area contributed by atoms with Crippen molar-refractivity contribution in [3.63, 3.8) is 0 Å². The molecule has 1 fully saturated rings. The lowest BCUT2D eigenvalue weighted by Crippen LogP contribution is -2.43. The Labute approximate surface area is 163 Å². The van der Waals surface area contributed by atoms with E-state index in [0.29, 0.717) is 45.8 Å². The summed E-state index contributed by atoms with van der Waals surface area (Å²) in [5.74, 6) is 3.11. The van der Waals surface area contributed by atoms with E-state index in [2.05, 4.69) is 24.0 Å². The van der Waals surface area contributed by atoms with Crippen LogP contribution >= 0.6 is 11.8 Å². The second kappa shape index (κ2) is 8.65. The van der Waals surface area contributed by atoms with Crippen molar-refractivity contribution in [1.29, 1.82) is 0 Å². The summed E-state index contributed by atoms with van der Waals surface area (Å²) in [6, 6.07) is 5.37. The minimum absolute atomic E-state index is 0.111. The van der Waals surface area contributed by atoms with Gasteiger partial charge in [0.2, 0.25) is 5.91 Å². The number of rotatable bonds is 6. The number of piperidine rings is 1. The fraction of sp³-hybridized carbons (Fsp3) is 0.526. The molecule has 0 bridgehead atoms. The predicted molar refractivity (Wildman–Crippen MR) is 103 cm³/mol. The minimum Gasteiger partial charge on any atom is -0.497 e. The molecule has 8 heteroatoms. The van der Waals surface area contributed by atoms with Crippen LogP contribution in [0.4, 0.5) is 0 Å². The van der Waals surface area contributed by atoms with Crippen LogP contribution in [-0.4, -0.2) is 54.1 Å². The molecule has 0 aliphatic carbocycles. The Morgan fingerprint density at radius 2 is 1.96 bits per heavy atom. The smallest absolute Gasteiger partial charge is 0.277 e. The maximum Gasteiger partial charge on any atom is 0.277 e. The topological polar surface area (TPSA) is 77.7 Å². The largest absolute Gasteiger partial charge is 0.497 e. The van der Waals surface area contributed by atoms with Gasteiger partial charge < -0.3 is 18.8 Å². The van der Waals surface area contributed by atoms with E-state index in [4.69, 9.17) is 13.9 Å². The van der Waals surface area contributed by atoms with Gasteiger partial charge in [0.25, 0.3) is 11.1 Å². The SMILES string of the molecule is COc1ccc(-c2nnc(SCC(=O)N3C[C@@H](C)C[C@H](C)C3)o2)c(OC)c1. The monoisotopic (exact) mass is 391 g/mol. The standard InChI is InChI=1S/C19H25N3O4S/c1-12-7-13(2)10-22(9-12)17(23)11-27-19-21-20-18(26-19)15-6-5-14(24-3)8-16(15)25-4/h5-6,8,12-13H,7,9-11H2,1-4H3/t12-,13-/m0/s1. The number of hydrogen-bond donors (Lipinski definition) is 0. The Balaban J connectivity index is 1.64. The quantitative estimate of drug-likeness (QED) is 0.699. The summed E-state index contributed by atoms with van der Waals surface area (Å²) in [7, 11) is 3.17. The number of benzene rings is 1. The Morgan fingerprint density at radius 1 is 1.22 bits per heavy atom. The highest BCUT2D eigenvalue weighted by Gasteiger charge is 2.25. The van der Waals surface area contributed by atoms with Crippen molar-refractivity contribution in [2.24, 2.45) is 11.8 Å². The lowest BCUT2D eigenvalue weighted by Gasteiger charge is -2.34. The number of likely N-dealkylation sites (tertiary alicyclic amines) is 1. The molecule has 1 saturated heterocycles. The van der Waals surface area contributed by atoms with E-state index in [1.165, 1.54) is 18.2 Å². The van der Waals surface area contributed by atoms with Gasteiger partial charge in [-0.3, -0.25) is 4.79 Å². The van der Waals surface area contributed by atoms with E-state index < -0.39 is 0 Å². The maximum atomic E-state index is 12.5. The highest BCUT2D eigenvalue weighted by Crippen LogP contribution is 2.33. The second-order valence-corrected chi connectivity index (χ2v) is 7.90. The molecule has 3 rings (SSSR count). The summed E-state index contributed by atoms with van der Waals surface area (Å²) in [5, 5.41) is 8.50. The fourth-order valence-electron chi connectivity index (χ4n) is 3.43. The van der Waals surface area contributed by atoms with Gasteiger partial charge in [0.1, 0.15) is 11.5 Å². The third kappa shape index (κ3) is 4.74. The number of carbonyl (C=O) groups excluding carboxylic acids is 1. The molecule has 1 aliphatic heterocycles. The molecule has 0 unspecified atom stereocenters. The Morgan fingerprint density at radius 3 is 2.63 bits per heavy atom. The van der Waals surface area contributed by atoms with E-state index in [-0.39, 0.29) is 5.91 Å². The fourth-order valence-corrected chi connectivity index (χ4v) is 4.10. The average molecular weight is 391 g/mol. The molecule has 0 spiro atoms. The van der Waals surface area contributed by atoms with Gasteiger partial charge in [-0.25, -0.2) is 0 Å². The summed E-state index contributed by atoms with van der Waals surface area (Å²) in [4.78, 5) is 14.4. The first-order valence-electron chi connectivity index (χ1n) is 8.96. The molecule has 0 N–H and O–H groups in total. The third-order valence-corrected chi connectivity index (χ3v) is 5.39. The van der Waals surface area contributed by atoms with Gasteiger partial charge in [-0.15, -0.1) is 10.2 Å². The van der Waals surface area contributed by atoms with E-state index in [9.17, 15) is 4.79 Å². The summed E-state index contributed by atoms with van der Waals surface area (Å²) in [5.41, 5.74) is 0.683. The molecule has 2 atom stereocenters. The van der Waals surface area contributed by atoms with Gasteiger partial charge in [0.15, 0.2) is 0 Å². The number of thioether (sulfide) groups is 1. The zero-order valence-corrected chi connectivity index (χ0v) is 16.9. The van der Waals surface area contributed by atoms with Crippen LogP contribution in [0.3, 0.4) is 0 Å². The van der Waals surface area contributed by atoms with E-state index in [1.807, 2.05) is 4.90 Å². The molecule has 1 aromatic heterocycles. The third-order valence-electron chi connectivity index (χ3n) is 4.59. The van der Waals surface area contributed by atoms with Gasteiger partial charge in [0.05, 0.1) is 25.5 Å². The molecule has 146 valence electrons. The normalized spacial score (nSPS) is 19.8. The minimum atomic E-state index is 0.111. The van der Waals surface area contributed by atoms with Gasteiger partial charge in [-0.2, -0.15) is 0 Å². The molecule has 1 aliphatic rings. The number of carbonyl (C=O) groups is 1. The number of nitrogens with zero attached hydrogens (tertiary/aromatic N) is 3. The van der Waals surface area contributed by atoms with Crippen LogP contribution in [0.15, 0.2) is 27.8 Å². The molecular weight excluding hydrogens is 366 g/mol. The van der Waals surface area contributed by atoms with Crippen molar-refractivity contribution in [3.05, 3.63) is 18.2 Å². The van der Waals surface area contributed by atoms with Crippen molar-refractivity contribution in [2.45, 2.75) is 25.5 Å². The molecule has 2 heterocycles.